The van der Waals surface area contributed by atoms with Gasteiger partial charge < -0.3 is 43.8 Å². The SMILES string of the molecule is CC[C@@H](OCc1ccccc1)[C@@H](C)[C@H](CO[C@H]1OC(COCc2ccccc2)[C@H](OCc2ccccc2)C(OCc2ccccc2)C1OCc1ccccc1)NC(=O)CCCCCCCCCCCNC(=O)C1CCCCC1. The highest BCUT2D eigenvalue weighted by Gasteiger charge is 2.49. The molecule has 0 spiro atoms. The fourth-order valence-electron chi connectivity index (χ4n) is 10.7. The quantitative estimate of drug-likeness (QED) is 0.0378. The van der Waals surface area contributed by atoms with Crippen LogP contribution in [0.2, 0.25) is 0 Å². The van der Waals surface area contributed by atoms with Crippen molar-refractivity contribution in [3.8, 4) is 0 Å². The van der Waals surface area contributed by atoms with Gasteiger partial charge in [0, 0.05) is 24.8 Å². The molecule has 2 N–H and O–H groups in total. The molecule has 0 radical (unpaired) electrons. The summed E-state index contributed by atoms with van der Waals surface area (Å²) in [5.41, 5.74) is 5.17. The summed E-state index contributed by atoms with van der Waals surface area (Å²) in [4.78, 5) is 26.5. The van der Waals surface area contributed by atoms with Gasteiger partial charge in [0.15, 0.2) is 6.29 Å². The molecule has 7 rings (SSSR count). The fourth-order valence-corrected chi connectivity index (χ4v) is 10.7. The third kappa shape index (κ3) is 21.4. The van der Waals surface area contributed by atoms with E-state index in [1.165, 1.54) is 38.5 Å². The van der Waals surface area contributed by atoms with Gasteiger partial charge in [-0.1, -0.05) is 230 Å². The lowest BCUT2D eigenvalue weighted by atomic mass is 9.88. The Labute approximate surface area is 466 Å². The normalized spacial score (nSPS) is 19.9. The summed E-state index contributed by atoms with van der Waals surface area (Å²) in [5.74, 6) is 0.366. The van der Waals surface area contributed by atoms with Gasteiger partial charge in [-0.15, -0.1) is 0 Å². The average molecular weight is 1070 g/mol. The number of carbonyl (C=O) groups is 2. The van der Waals surface area contributed by atoms with E-state index in [4.69, 9.17) is 33.2 Å². The summed E-state index contributed by atoms with van der Waals surface area (Å²) < 4.78 is 48.1. The Morgan fingerprint density at radius 3 is 1.53 bits per heavy atom. The van der Waals surface area contributed by atoms with Gasteiger partial charge in [-0.05, 0) is 59.9 Å². The second kappa shape index (κ2) is 35.4. The zero-order valence-electron chi connectivity index (χ0n) is 46.8. The number of hydrogen-bond acceptors (Lipinski definition) is 9. The van der Waals surface area contributed by atoms with E-state index in [0.717, 1.165) is 92.1 Å². The summed E-state index contributed by atoms with van der Waals surface area (Å²) in [6, 6.07) is 50.2. The number of unbranched alkanes of at least 4 members (excludes halogenated alkanes) is 8. The second-order valence-corrected chi connectivity index (χ2v) is 21.5. The van der Waals surface area contributed by atoms with Crippen LogP contribution < -0.4 is 10.6 Å². The van der Waals surface area contributed by atoms with Crippen molar-refractivity contribution in [2.24, 2.45) is 11.8 Å². The highest BCUT2D eigenvalue weighted by molar-refractivity contribution is 5.78. The Morgan fingerprint density at radius 2 is 1.00 bits per heavy atom. The Bertz CT molecular complexity index is 2340. The first-order valence-electron chi connectivity index (χ1n) is 29.5. The highest BCUT2D eigenvalue weighted by Crippen LogP contribution is 2.33. The Balaban J connectivity index is 1.03. The topological polar surface area (TPSA) is 123 Å². The van der Waals surface area contributed by atoms with Gasteiger partial charge in [-0.3, -0.25) is 9.59 Å². The first-order chi connectivity index (χ1) is 38.4. The Morgan fingerprint density at radius 1 is 0.538 bits per heavy atom. The molecule has 2 amide bonds. The first kappa shape index (κ1) is 60.4. The third-order valence-electron chi connectivity index (χ3n) is 15.4. The summed E-state index contributed by atoms with van der Waals surface area (Å²) >= 11 is 0. The van der Waals surface area contributed by atoms with Gasteiger partial charge in [0.05, 0.1) is 58.4 Å². The molecule has 11 nitrogen and oxygen atoms in total. The predicted molar refractivity (Wildman–Crippen MR) is 308 cm³/mol. The van der Waals surface area contributed by atoms with E-state index in [9.17, 15) is 9.59 Å². The smallest absolute Gasteiger partial charge is 0.223 e. The molecule has 1 heterocycles. The van der Waals surface area contributed by atoms with E-state index < -0.39 is 36.7 Å². The van der Waals surface area contributed by atoms with Crippen LogP contribution in [0, 0.1) is 11.8 Å². The maximum Gasteiger partial charge on any atom is 0.223 e. The maximum absolute atomic E-state index is 14.1. The Hall–Kier alpha value is -5.24. The van der Waals surface area contributed by atoms with E-state index in [-0.39, 0.29) is 49.6 Å². The van der Waals surface area contributed by atoms with Gasteiger partial charge in [0.25, 0.3) is 0 Å². The van der Waals surface area contributed by atoms with Crippen LogP contribution in [0.15, 0.2) is 152 Å². The Kier molecular flexibility index (Phi) is 27.4. The lowest BCUT2D eigenvalue weighted by Crippen LogP contribution is -2.62. The van der Waals surface area contributed by atoms with Crippen LogP contribution in [0.25, 0.3) is 0 Å². The number of ether oxygens (including phenoxy) is 7. The molecule has 78 heavy (non-hydrogen) atoms. The minimum Gasteiger partial charge on any atom is -0.374 e. The molecule has 0 aromatic heterocycles. The molecule has 1 aliphatic heterocycles. The average Bonchev–Trinajstić information content (AvgIpc) is 3.51. The largest absolute Gasteiger partial charge is 0.374 e. The van der Waals surface area contributed by atoms with E-state index in [1.54, 1.807) is 0 Å². The van der Waals surface area contributed by atoms with Crippen LogP contribution in [0.5, 0.6) is 0 Å². The standard InChI is InChI=1S/C67H90N2O9/c1-3-60(73-46-54-33-19-12-20-34-54)52(2)59(69-62(70)43-29-9-7-5-4-6-8-10-30-44-68-66(71)58-41-27-16-28-42-58)50-77-67-65(76-49-57-39-25-15-26-40-57)64(75-48-56-37-23-14-24-38-56)63(74-47-55-35-21-13-22-36-55)61(78-67)51-72-45-53-31-17-11-18-32-53/h11-15,17-26,31-40,52,58-61,63-65,67H,3-10,16,27-30,41-51H2,1-2H3,(H,68,71)(H,69,70)/t52-,59-,60+,61?,63-,64?,65?,67-/m0/s1. The molecular weight excluding hydrogens is 977 g/mol. The molecule has 422 valence electrons. The molecule has 1 saturated carbocycles. The lowest BCUT2D eigenvalue weighted by Gasteiger charge is -2.46. The van der Waals surface area contributed by atoms with Gasteiger partial charge in [0.1, 0.15) is 24.4 Å². The van der Waals surface area contributed by atoms with Gasteiger partial charge in [0.2, 0.25) is 11.8 Å². The summed E-state index contributed by atoms with van der Waals surface area (Å²) in [5, 5.41) is 6.61. The summed E-state index contributed by atoms with van der Waals surface area (Å²) in [7, 11) is 0. The van der Waals surface area contributed by atoms with Crippen molar-refractivity contribution in [2.45, 2.75) is 192 Å². The van der Waals surface area contributed by atoms with Crippen molar-refractivity contribution in [3.63, 3.8) is 0 Å². The van der Waals surface area contributed by atoms with Crippen molar-refractivity contribution < 1.29 is 42.7 Å². The minimum absolute atomic E-state index is 0.00369. The molecule has 2 aliphatic rings. The third-order valence-corrected chi connectivity index (χ3v) is 15.4. The van der Waals surface area contributed by atoms with Crippen LogP contribution in [-0.2, 0) is 75.8 Å². The van der Waals surface area contributed by atoms with E-state index in [2.05, 4.69) is 60.9 Å². The van der Waals surface area contributed by atoms with Crippen LogP contribution in [0.1, 0.15) is 144 Å². The monoisotopic (exact) mass is 1070 g/mol. The number of rotatable bonds is 36. The van der Waals surface area contributed by atoms with Crippen LogP contribution in [0.3, 0.4) is 0 Å². The van der Waals surface area contributed by atoms with Gasteiger partial charge in [-0.25, -0.2) is 0 Å². The maximum atomic E-state index is 14.1. The fraction of sp³-hybridized carbons (Fsp3) is 0.522. The van der Waals surface area contributed by atoms with Crippen molar-refractivity contribution in [1.29, 1.82) is 0 Å². The van der Waals surface area contributed by atoms with Crippen LogP contribution in [0.4, 0.5) is 0 Å². The van der Waals surface area contributed by atoms with Crippen molar-refractivity contribution in [1.82, 2.24) is 10.6 Å². The zero-order chi connectivity index (χ0) is 54.2. The molecule has 3 unspecified atom stereocenters. The van der Waals surface area contributed by atoms with Crippen LogP contribution >= 0.6 is 0 Å². The van der Waals surface area contributed by atoms with Crippen molar-refractivity contribution >= 4 is 11.8 Å². The van der Waals surface area contributed by atoms with Gasteiger partial charge >= 0.3 is 0 Å². The molecule has 5 aromatic rings. The molecule has 11 heteroatoms. The molecule has 5 aromatic carbocycles. The predicted octanol–water partition coefficient (Wildman–Crippen LogP) is 13.4. The van der Waals surface area contributed by atoms with Crippen LogP contribution in [-0.4, -0.2) is 74.4 Å². The summed E-state index contributed by atoms with van der Waals surface area (Å²) in [6.45, 7) is 7.16. The first-order valence-corrected chi connectivity index (χ1v) is 29.5. The van der Waals surface area contributed by atoms with Crippen molar-refractivity contribution in [3.05, 3.63) is 179 Å². The number of hydrogen-bond donors (Lipinski definition) is 2. The highest BCUT2D eigenvalue weighted by atomic mass is 16.7. The number of carbonyl (C=O) groups excluding carboxylic acids is 2. The minimum atomic E-state index is -0.930. The molecule has 1 aliphatic carbocycles. The van der Waals surface area contributed by atoms with E-state index in [0.29, 0.717) is 32.8 Å². The molecular formula is C67H90N2O9. The number of benzene rings is 5. The number of nitrogens with one attached hydrogen (secondary N) is 2. The summed E-state index contributed by atoms with van der Waals surface area (Å²) in [6.07, 6.45) is 13.0. The van der Waals surface area contributed by atoms with E-state index in [1.807, 2.05) is 115 Å². The second-order valence-electron chi connectivity index (χ2n) is 21.5. The molecule has 2 fully saturated rings. The van der Waals surface area contributed by atoms with Crippen molar-refractivity contribution in [2.75, 3.05) is 19.8 Å². The van der Waals surface area contributed by atoms with E-state index >= 15 is 0 Å². The molecule has 8 atom stereocenters. The number of amides is 2. The molecule has 1 saturated heterocycles. The molecule has 0 bridgehead atoms. The zero-order valence-corrected chi connectivity index (χ0v) is 46.8. The van der Waals surface area contributed by atoms with Gasteiger partial charge in [-0.2, -0.15) is 0 Å². The lowest BCUT2D eigenvalue weighted by molar-refractivity contribution is -0.329.